The molecule has 0 saturated heterocycles. The molecule has 0 radical (unpaired) electrons. The van der Waals surface area contributed by atoms with Crippen LogP contribution in [0.2, 0.25) is 10.0 Å². The van der Waals surface area contributed by atoms with Crippen LogP contribution in [-0.4, -0.2) is 12.4 Å². The Balaban J connectivity index is 2.11. The lowest BCUT2D eigenvalue weighted by Gasteiger charge is -2.09. The van der Waals surface area contributed by atoms with Gasteiger partial charge in [-0.05, 0) is 42.3 Å². The minimum absolute atomic E-state index is 0.157. The fraction of sp³-hybridized carbons (Fsp3) is 0.188. The molecule has 1 heterocycles. The monoisotopic (exact) mass is 306 g/mol. The molecule has 2 nitrogen and oxygen atoms in total. The summed E-state index contributed by atoms with van der Waals surface area (Å²) in [6.45, 7) is 2.51. The lowest BCUT2D eigenvalue weighted by molar-refractivity contribution is 0.103. The smallest absolute Gasteiger partial charge is 0.198 e. The number of hydrogen-bond acceptors (Lipinski definition) is 2. The van der Waals surface area contributed by atoms with E-state index in [2.05, 4.69) is 0 Å². The van der Waals surface area contributed by atoms with Crippen molar-refractivity contribution in [1.29, 1.82) is 0 Å². The van der Waals surface area contributed by atoms with Crippen LogP contribution in [0.15, 0.2) is 30.3 Å². The maximum absolute atomic E-state index is 12.7. The number of halogens is 2. The number of fused-ring (bicyclic) bond motifs is 1. The molecule has 2 aromatic rings. The van der Waals surface area contributed by atoms with Crippen LogP contribution < -0.4 is 4.74 Å². The van der Waals surface area contributed by atoms with Gasteiger partial charge in [0.15, 0.2) is 5.78 Å². The standard InChI is InChI=1S/C16H12Cl2O2/c1-9-2-3-12(14(18)6-9)15(19)13-8-11(17)7-10-4-5-20-16(10)13/h2-3,6-8H,4-5H2,1H3. The summed E-state index contributed by atoms with van der Waals surface area (Å²) in [4.78, 5) is 12.7. The summed E-state index contributed by atoms with van der Waals surface area (Å²) in [5.41, 5.74) is 2.94. The Bertz CT molecular complexity index is 708. The zero-order valence-electron chi connectivity index (χ0n) is 10.9. The minimum atomic E-state index is -0.157. The number of carbonyl (C=O) groups is 1. The summed E-state index contributed by atoms with van der Waals surface area (Å²) in [7, 11) is 0. The van der Waals surface area contributed by atoms with Gasteiger partial charge in [-0.3, -0.25) is 4.79 Å². The van der Waals surface area contributed by atoms with Gasteiger partial charge in [-0.15, -0.1) is 0 Å². The molecule has 0 N–H and O–H groups in total. The molecule has 0 bridgehead atoms. The highest BCUT2D eigenvalue weighted by Gasteiger charge is 2.24. The molecule has 0 amide bonds. The average molecular weight is 307 g/mol. The zero-order valence-corrected chi connectivity index (χ0v) is 12.4. The van der Waals surface area contributed by atoms with Crippen molar-refractivity contribution in [3.63, 3.8) is 0 Å². The first-order valence-corrected chi connectivity index (χ1v) is 7.08. The highest BCUT2D eigenvalue weighted by atomic mass is 35.5. The van der Waals surface area contributed by atoms with E-state index in [1.807, 2.05) is 19.1 Å². The number of ketones is 1. The van der Waals surface area contributed by atoms with E-state index in [-0.39, 0.29) is 5.78 Å². The van der Waals surface area contributed by atoms with Gasteiger partial charge >= 0.3 is 0 Å². The van der Waals surface area contributed by atoms with E-state index >= 15 is 0 Å². The van der Waals surface area contributed by atoms with Crippen molar-refractivity contribution in [3.8, 4) is 5.75 Å². The molecule has 4 heteroatoms. The Morgan fingerprint density at radius 2 is 1.95 bits per heavy atom. The predicted molar refractivity (Wildman–Crippen MR) is 80.3 cm³/mol. The third-order valence-corrected chi connectivity index (χ3v) is 3.89. The fourth-order valence-electron chi connectivity index (χ4n) is 2.39. The Labute approximate surface area is 127 Å². The number of benzene rings is 2. The van der Waals surface area contributed by atoms with Gasteiger partial charge < -0.3 is 4.74 Å². The average Bonchev–Trinajstić information content (AvgIpc) is 2.85. The molecular weight excluding hydrogens is 295 g/mol. The summed E-state index contributed by atoms with van der Waals surface area (Å²) in [6.07, 6.45) is 0.776. The number of carbonyl (C=O) groups excluding carboxylic acids is 1. The van der Waals surface area contributed by atoms with E-state index in [0.29, 0.717) is 33.5 Å². The van der Waals surface area contributed by atoms with Crippen LogP contribution in [0.1, 0.15) is 27.0 Å². The molecule has 102 valence electrons. The zero-order chi connectivity index (χ0) is 14.3. The fourth-order valence-corrected chi connectivity index (χ4v) is 2.95. The van der Waals surface area contributed by atoms with E-state index in [0.717, 1.165) is 17.5 Å². The Morgan fingerprint density at radius 3 is 2.70 bits per heavy atom. The Morgan fingerprint density at radius 1 is 1.15 bits per heavy atom. The van der Waals surface area contributed by atoms with Gasteiger partial charge in [-0.1, -0.05) is 29.3 Å². The molecule has 0 unspecified atom stereocenters. The quantitative estimate of drug-likeness (QED) is 0.765. The van der Waals surface area contributed by atoms with Crippen LogP contribution in [0, 0.1) is 6.92 Å². The Hall–Kier alpha value is -1.51. The van der Waals surface area contributed by atoms with Crippen molar-refractivity contribution >= 4 is 29.0 Å². The van der Waals surface area contributed by atoms with Crippen molar-refractivity contribution in [2.24, 2.45) is 0 Å². The van der Waals surface area contributed by atoms with Crippen molar-refractivity contribution in [1.82, 2.24) is 0 Å². The first-order valence-electron chi connectivity index (χ1n) is 6.32. The molecule has 0 fully saturated rings. The summed E-state index contributed by atoms with van der Waals surface area (Å²) in [5, 5.41) is 0.988. The first kappa shape index (κ1) is 13.5. The van der Waals surface area contributed by atoms with E-state index < -0.39 is 0 Å². The van der Waals surface area contributed by atoms with Gasteiger partial charge in [0.2, 0.25) is 0 Å². The molecular formula is C16H12Cl2O2. The van der Waals surface area contributed by atoms with Crippen molar-refractivity contribution in [3.05, 3.63) is 62.6 Å². The first-order chi connectivity index (χ1) is 9.56. The lowest BCUT2D eigenvalue weighted by atomic mass is 9.99. The van der Waals surface area contributed by atoms with Gasteiger partial charge in [-0.25, -0.2) is 0 Å². The minimum Gasteiger partial charge on any atom is -0.492 e. The summed E-state index contributed by atoms with van der Waals surface area (Å²) in [5.74, 6) is 0.478. The van der Waals surface area contributed by atoms with Crippen LogP contribution in [0.4, 0.5) is 0 Å². The number of rotatable bonds is 2. The molecule has 0 atom stereocenters. The highest BCUT2D eigenvalue weighted by molar-refractivity contribution is 6.35. The normalized spacial score (nSPS) is 12.9. The second kappa shape index (κ2) is 5.12. The van der Waals surface area contributed by atoms with Gasteiger partial charge in [0, 0.05) is 17.0 Å². The third-order valence-electron chi connectivity index (χ3n) is 3.36. The molecule has 0 spiro atoms. The summed E-state index contributed by atoms with van der Waals surface area (Å²) in [6, 6.07) is 8.87. The van der Waals surface area contributed by atoms with E-state index in [4.69, 9.17) is 27.9 Å². The maximum atomic E-state index is 12.7. The predicted octanol–water partition coefficient (Wildman–Crippen LogP) is 4.47. The molecule has 0 saturated carbocycles. The third kappa shape index (κ3) is 2.30. The number of hydrogen-bond donors (Lipinski definition) is 0. The van der Waals surface area contributed by atoms with Gasteiger partial charge in [0.25, 0.3) is 0 Å². The van der Waals surface area contributed by atoms with Gasteiger partial charge in [0.1, 0.15) is 5.75 Å². The van der Waals surface area contributed by atoms with Crippen LogP contribution in [0.25, 0.3) is 0 Å². The molecule has 2 aromatic carbocycles. The molecule has 0 aliphatic carbocycles. The molecule has 3 rings (SSSR count). The Kier molecular flexibility index (Phi) is 3.45. The second-order valence-corrected chi connectivity index (χ2v) is 5.70. The topological polar surface area (TPSA) is 26.3 Å². The van der Waals surface area contributed by atoms with Crippen molar-refractivity contribution < 1.29 is 9.53 Å². The van der Waals surface area contributed by atoms with E-state index in [1.165, 1.54) is 0 Å². The number of aryl methyl sites for hydroxylation is 1. The van der Waals surface area contributed by atoms with Crippen LogP contribution in [-0.2, 0) is 6.42 Å². The lowest BCUT2D eigenvalue weighted by Crippen LogP contribution is -2.05. The molecule has 1 aliphatic heterocycles. The van der Waals surface area contributed by atoms with Crippen LogP contribution in [0.3, 0.4) is 0 Å². The SMILES string of the molecule is Cc1ccc(C(=O)c2cc(Cl)cc3c2OCC3)c(Cl)c1. The molecule has 20 heavy (non-hydrogen) atoms. The highest BCUT2D eigenvalue weighted by Crippen LogP contribution is 2.35. The number of ether oxygens (including phenoxy) is 1. The van der Waals surface area contributed by atoms with Crippen LogP contribution >= 0.6 is 23.2 Å². The van der Waals surface area contributed by atoms with Gasteiger partial charge in [-0.2, -0.15) is 0 Å². The maximum Gasteiger partial charge on any atom is 0.198 e. The van der Waals surface area contributed by atoms with Crippen LogP contribution in [0.5, 0.6) is 5.75 Å². The summed E-state index contributed by atoms with van der Waals surface area (Å²) < 4.78 is 5.57. The van der Waals surface area contributed by atoms with Gasteiger partial charge in [0.05, 0.1) is 17.2 Å². The largest absolute Gasteiger partial charge is 0.492 e. The summed E-state index contributed by atoms with van der Waals surface area (Å²) >= 11 is 12.3. The second-order valence-electron chi connectivity index (χ2n) is 4.85. The molecule has 1 aliphatic rings. The van der Waals surface area contributed by atoms with E-state index in [1.54, 1.807) is 18.2 Å². The molecule has 0 aromatic heterocycles. The van der Waals surface area contributed by atoms with Crippen molar-refractivity contribution in [2.45, 2.75) is 13.3 Å². The van der Waals surface area contributed by atoms with E-state index in [9.17, 15) is 4.79 Å². The van der Waals surface area contributed by atoms with Crippen molar-refractivity contribution in [2.75, 3.05) is 6.61 Å².